The van der Waals surface area contributed by atoms with E-state index in [1.807, 2.05) is 0 Å². The van der Waals surface area contributed by atoms with Gasteiger partial charge in [0, 0.05) is 12.8 Å². The zero-order valence-electron chi connectivity index (χ0n) is 8.57. The van der Waals surface area contributed by atoms with Gasteiger partial charge in [-0.3, -0.25) is 0 Å². The van der Waals surface area contributed by atoms with Crippen molar-refractivity contribution in [3.05, 3.63) is 0 Å². The van der Waals surface area contributed by atoms with E-state index in [-0.39, 0.29) is 0 Å². The van der Waals surface area contributed by atoms with Crippen LogP contribution in [0.5, 0.6) is 0 Å². The Labute approximate surface area is 91.9 Å². The fourth-order valence-electron chi connectivity index (χ4n) is 1.55. The minimum Gasteiger partial charge on any atom is -0.401 e. The number of carbonyl (C=O) groups is 1. The van der Waals surface area contributed by atoms with Crippen LogP contribution in [-0.4, -0.2) is 54.4 Å². The molecule has 4 atom stereocenters. The third-order valence-corrected chi connectivity index (χ3v) is 2.44. The number of carbonyl (C=O) groups excluding carboxylic acids is 1. The van der Waals surface area contributed by atoms with Crippen LogP contribution in [0.1, 0.15) is 12.8 Å². The second-order valence-corrected chi connectivity index (χ2v) is 3.68. The third-order valence-electron chi connectivity index (χ3n) is 2.44. The molecule has 2 N–H and O–H groups in total. The van der Waals surface area contributed by atoms with Crippen LogP contribution in [-0.2, 0) is 18.9 Å². The molecule has 2 saturated heterocycles. The molecule has 0 aromatic carbocycles. The largest absolute Gasteiger partial charge is 0.513 e. The van der Waals surface area contributed by atoms with Gasteiger partial charge in [-0.05, 0) is 0 Å². The summed E-state index contributed by atoms with van der Waals surface area (Å²) in [5.74, 6) is 0. The SMILES string of the molecule is O=C(OC1OCCC1O)OC1OCCC1O. The van der Waals surface area contributed by atoms with Gasteiger partial charge in [0.15, 0.2) is 0 Å². The molecule has 4 unspecified atom stereocenters. The second-order valence-electron chi connectivity index (χ2n) is 3.68. The summed E-state index contributed by atoms with van der Waals surface area (Å²) in [7, 11) is 0. The first-order chi connectivity index (χ1) is 7.66. The van der Waals surface area contributed by atoms with Crippen LogP contribution in [0.25, 0.3) is 0 Å². The van der Waals surface area contributed by atoms with Gasteiger partial charge < -0.3 is 29.2 Å². The van der Waals surface area contributed by atoms with Crippen molar-refractivity contribution in [1.29, 1.82) is 0 Å². The Hall–Kier alpha value is -0.890. The lowest BCUT2D eigenvalue weighted by molar-refractivity contribution is -0.170. The van der Waals surface area contributed by atoms with Crippen LogP contribution in [0, 0.1) is 0 Å². The highest BCUT2D eigenvalue weighted by Gasteiger charge is 2.34. The number of aliphatic hydroxyl groups is 2. The normalized spacial score (nSPS) is 38.6. The fraction of sp³-hybridized carbons (Fsp3) is 0.889. The summed E-state index contributed by atoms with van der Waals surface area (Å²) in [6.45, 7) is 0.670. The van der Waals surface area contributed by atoms with E-state index in [0.29, 0.717) is 26.1 Å². The minimum atomic E-state index is -1.02. The summed E-state index contributed by atoms with van der Waals surface area (Å²) in [5.41, 5.74) is 0. The molecular formula is C9H14O7. The van der Waals surface area contributed by atoms with E-state index in [9.17, 15) is 15.0 Å². The molecule has 0 aromatic heterocycles. The molecule has 2 rings (SSSR count). The quantitative estimate of drug-likeness (QED) is 0.613. The van der Waals surface area contributed by atoms with E-state index < -0.39 is 30.9 Å². The maximum atomic E-state index is 11.2. The van der Waals surface area contributed by atoms with E-state index in [0.717, 1.165) is 0 Å². The monoisotopic (exact) mass is 234 g/mol. The fourth-order valence-corrected chi connectivity index (χ4v) is 1.55. The molecule has 16 heavy (non-hydrogen) atoms. The smallest absolute Gasteiger partial charge is 0.401 e. The molecule has 0 bridgehead atoms. The van der Waals surface area contributed by atoms with Gasteiger partial charge in [-0.2, -0.15) is 0 Å². The highest BCUT2D eigenvalue weighted by Crippen LogP contribution is 2.18. The number of rotatable bonds is 2. The predicted octanol–water partition coefficient (Wildman–Crippen LogP) is -0.646. The Balaban J connectivity index is 1.75. The Morgan fingerprint density at radius 1 is 1.00 bits per heavy atom. The van der Waals surface area contributed by atoms with E-state index in [1.54, 1.807) is 0 Å². The molecule has 0 aliphatic carbocycles. The minimum absolute atomic E-state index is 0.335. The van der Waals surface area contributed by atoms with Gasteiger partial charge in [0.25, 0.3) is 0 Å². The summed E-state index contributed by atoms with van der Waals surface area (Å²) in [6.07, 6.45) is -3.83. The van der Waals surface area contributed by atoms with Crippen molar-refractivity contribution in [3.63, 3.8) is 0 Å². The Morgan fingerprint density at radius 2 is 1.44 bits per heavy atom. The lowest BCUT2D eigenvalue weighted by Gasteiger charge is -2.17. The highest BCUT2D eigenvalue weighted by atomic mass is 16.8. The van der Waals surface area contributed by atoms with Crippen LogP contribution in [0.3, 0.4) is 0 Å². The molecule has 0 radical (unpaired) electrons. The molecule has 0 spiro atoms. The number of hydrogen-bond acceptors (Lipinski definition) is 7. The lowest BCUT2D eigenvalue weighted by atomic mass is 10.3. The summed E-state index contributed by atoms with van der Waals surface area (Å²) in [5, 5.41) is 18.6. The molecular weight excluding hydrogens is 220 g/mol. The van der Waals surface area contributed by atoms with Gasteiger partial charge in [-0.15, -0.1) is 0 Å². The average Bonchev–Trinajstić information content (AvgIpc) is 2.79. The topological polar surface area (TPSA) is 94.5 Å². The van der Waals surface area contributed by atoms with Gasteiger partial charge in [0.2, 0.25) is 12.6 Å². The molecule has 2 fully saturated rings. The van der Waals surface area contributed by atoms with Crippen molar-refractivity contribution in [3.8, 4) is 0 Å². The number of ether oxygens (including phenoxy) is 4. The molecule has 2 aliphatic rings. The summed E-state index contributed by atoms with van der Waals surface area (Å²) < 4.78 is 19.3. The first kappa shape index (κ1) is 11.6. The highest BCUT2D eigenvalue weighted by molar-refractivity contribution is 5.60. The number of hydrogen-bond donors (Lipinski definition) is 2. The maximum Gasteiger partial charge on any atom is 0.513 e. The van der Waals surface area contributed by atoms with Gasteiger partial charge in [-0.1, -0.05) is 0 Å². The first-order valence-corrected chi connectivity index (χ1v) is 5.13. The van der Waals surface area contributed by atoms with Crippen molar-refractivity contribution in [2.45, 2.75) is 37.6 Å². The zero-order valence-corrected chi connectivity index (χ0v) is 8.57. The predicted molar refractivity (Wildman–Crippen MR) is 48.3 cm³/mol. The van der Waals surface area contributed by atoms with E-state index in [2.05, 4.69) is 0 Å². The van der Waals surface area contributed by atoms with E-state index in [1.165, 1.54) is 0 Å². The first-order valence-electron chi connectivity index (χ1n) is 5.13. The Bertz CT molecular complexity index is 232. The zero-order chi connectivity index (χ0) is 11.5. The van der Waals surface area contributed by atoms with E-state index >= 15 is 0 Å². The molecule has 7 heteroatoms. The van der Waals surface area contributed by atoms with Crippen LogP contribution >= 0.6 is 0 Å². The van der Waals surface area contributed by atoms with Crippen molar-refractivity contribution < 1.29 is 34.0 Å². The molecule has 0 saturated carbocycles. The van der Waals surface area contributed by atoms with Crippen LogP contribution in [0.15, 0.2) is 0 Å². The van der Waals surface area contributed by atoms with Gasteiger partial charge in [0.1, 0.15) is 12.2 Å². The lowest BCUT2D eigenvalue weighted by Crippen LogP contribution is -2.32. The molecule has 92 valence electrons. The molecule has 2 heterocycles. The molecule has 0 amide bonds. The van der Waals surface area contributed by atoms with Gasteiger partial charge in [0.05, 0.1) is 13.2 Å². The Morgan fingerprint density at radius 3 is 1.75 bits per heavy atom. The summed E-state index contributed by atoms with van der Waals surface area (Å²) in [6, 6.07) is 0. The molecule has 0 aromatic rings. The van der Waals surface area contributed by atoms with Crippen molar-refractivity contribution in [2.24, 2.45) is 0 Å². The third kappa shape index (κ3) is 2.62. The summed E-state index contributed by atoms with van der Waals surface area (Å²) in [4.78, 5) is 11.2. The number of aliphatic hydroxyl groups excluding tert-OH is 2. The van der Waals surface area contributed by atoms with Crippen molar-refractivity contribution in [1.82, 2.24) is 0 Å². The average molecular weight is 234 g/mol. The maximum absolute atomic E-state index is 11.2. The standard InChI is InChI=1S/C9H14O7/c10-5-1-3-13-7(5)15-9(12)16-8-6(11)2-4-14-8/h5-8,10-11H,1-4H2. The van der Waals surface area contributed by atoms with E-state index in [4.69, 9.17) is 18.9 Å². The van der Waals surface area contributed by atoms with Gasteiger partial charge in [-0.25, -0.2) is 4.79 Å². The van der Waals surface area contributed by atoms with Crippen LogP contribution in [0.4, 0.5) is 4.79 Å². The van der Waals surface area contributed by atoms with Crippen molar-refractivity contribution >= 4 is 6.16 Å². The summed E-state index contributed by atoms with van der Waals surface area (Å²) >= 11 is 0. The Kier molecular flexibility index (Phi) is 3.59. The van der Waals surface area contributed by atoms with Crippen LogP contribution < -0.4 is 0 Å². The van der Waals surface area contributed by atoms with Crippen molar-refractivity contribution in [2.75, 3.05) is 13.2 Å². The second kappa shape index (κ2) is 4.96. The van der Waals surface area contributed by atoms with Crippen LogP contribution in [0.2, 0.25) is 0 Å². The molecule has 7 nitrogen and oxygen atoms in total. The van der Waals surface area contributed by atoms with Gasteiger partial charge >= 0.3 is 6.16 Å². The molecule has 2 aliphatic heterocycles.